The molecule has 1 aromatic carbocycles. The van der Waals surface area contributed by atoms with Crippen molar-refractivity contribution in [3.05, 3.63) is 18.2 Å². The first-order valence-corrected chi connectivity index (χ1v) is 7.07. The number of H-pyrrole nitrogens is 1. The number of rotatable bonds is 4. The monoisotopic (exact) mass is 254 g/mol. The van der Waals surface area contributed by atoms with Crippen LogP contribution < -0.4 is 4.74 Å². The lowest BCUT2D eigenvalue weighted by atomic mass is 10.3. The summed E-state index contributed by atoms with van der Waals surface area (Å²) in [5, 5.41) is 0.0173. The average Bonchev–Trinajstić information content (AvgIpc) is 2.73. The van der Waals surface area contributed by atoms with Gasteiger partial charge in [-0.05, 0) is 19.1 Å². The van der Waals surface area contributed by atoms with E-state index in [1.807, 2.05) is 6.92 Å². The number of aromatic amines is 1. The summed E-state index contributed by atoms with van der Waals surface area (Å²) in [6.07, 6.45) is 0. The van der Waals surface area contributed by atoms with Crippen LogP contribution in [0, 0.1) is 0 Å². The minimum Gasteiger partial charge on any atom is -0.494 e. The molecule has 0 aliphatic rings. The lowest BCUT2D eigenvalue weighted by molar-refractivity contribution is 0.340. The summed E-state index contributed by atoms with van der Waals surface area (Å²) in [7, 11) is -3.29. The van der Waals surface area contributed by atoms with Crippen LogP contribution in [0.5, 0.6) is 5.75 Å². The number of nitrogens with one attached hydrogen (secondary N) is 1. The van der Waals surface area contributed by atoms with E-state index < -0.39 is 9.84 Å². The summed E-state index contributed by atoms with van der Waals surface area (Å²) in [4.78, 5) is 6.86. The van der Waals surface area contributed by atoms with Crippen molar-refractivity contribution in [2.45, 2.75) is 19.0 Å². The molecule has 1 N–H and O–H groups in total. The van der Waals surface area contributed by atoms with E-state index in [4.69, 9.17) is 4.74 Å². The van der Waals surface area contributed by atoms with Gasteiger partial charge in [0, 0.05) is 6.07 Å². The third kappa shape index (κ3) is 2.26. The molecule has 0 fully saturated rings. The van der Waals surface area contributed by atoms with E-state index in [1.54, 1.807) is 25.1 Å². The molecule has 2 rings (SSSR count). The van der Waals surface area contributed by atoms with Gasteiger partial charge in [-0.3, -0.25) is 0 Å². The summed E-state index contributed by atoms with van der Waals surface area (Å²) in [6.45, 7) is 4.05. The summed E-state index contributed by atoms with van der Waals surface area (Å²) in [6, 6.07) is 5.26. The number of hydrogen-bond donors (Lipinski definition) is 1. The molecule has 0 atom stereocenters. The normalized spacial score (nSPS) is 11.9. The molecule has 0 amide bonds. The van der Waals surface area contributed by atoms with Gasteiger partial charge in [0.25, 0.3) is 0 Å². The van der Waals surface area contributed by atoms with Crippen molar-refractivity contribution in [3.8, 4) is 5.75 Å². The average molecular weight is 254 g/mol. The van der Waals surface area contributed by atoms with E-state index in [0.717, 1.165) is 0 Å². The molecule has 92 valence electrons. The maximum Gasteiger partial charge on any atom is 0.226 e. The Labute approximate surface area is 99.7 Å². The number of ether oxygens (including phenoxy) is 1. The van der Waals surface area contributed by atoms with Crippen molar-refractivity contribution in [1.82, 2.24) is 9.97 Å². The molecular formula is C11H14N2O3S. The van der Waals surface area contributed by atoms with Crippen molar-refractivity contribution in [2.75, 3.05) is 12.4 Å². The van der Waals surface area contributed by atoms with Crippen molar-refractivity contribution < 1.29 is 13.2 Å². The van der Waals surface area contributed by atoms with Crippen LogP contribution in [0.15, 0.2) is 23.4 Å². The number of aromatic nitrogens is 2. The molecule has 0 spiro atoms. The van der Waals surface area contributed by atoms with E-state index in [-0.39, 0.29) is 10.9 Å². The highest BCUT2D eigenvalue weighted by atomic mass is 32.2. The molecule has 6 heteroatoms. The van der Waals surface area contributed by atoms with Crippen LogP contribution in [0.3, 0.4) is 0 Å². The van der Waals surface area contributed by atoms with E-state index in [2.05, 4.69) is 9.97 Å². The van der Waals surface area contributed by atoms with Crippen LogP contribution >= 0.6 is 0 Å². The summed E-state index contributed by atoms with van der Waals surface area (Å²) in [5.74, 6) is 0.731. The third-order valence-corrected chi connectivity index (χ3v) is 3.96. The predicted octanol–water partition coefficient (Wildman–Crippen LogP) is 1.76. The molecule has 1 heterocycles. The molecule has 17 heavy (non-hydrogen) atoms. The van der Waals surface area contributed by atoms with Crippen molar-refractivity contribution in [2.24, 2.45) is 0 Å². The number of nitrogens with zero attached hydrogens (tertiary/aromatic N) is 1. The lowest BCUT2D eigenvalue weighted by Gasteiger charge is -2.00. The van der Waals surface area contributed by atoms with Gasteiger partial charge in [-0.15, -0.1) is 0 Å². The molecule has 0 radical (unpaired) electrons. The van der Waals surface area contributed by atoms with Gasteiger partial charge < -0.3 is 9.72 Å². The number of hydrogen-bond acceptors (Lipinski definition) is 4. The van der Waals surface area contributed by atoms with E-state index in [0.29, 0.717) is 23.4 Å². The van der Waals surface area contributed by atoms with Crippen LogP contribution in [0.1, 0.15) is 13.8 Å². The summed E-state index contributed by atoms with van der Waals surface area (Å²) in [5.41, 5.74) is 1.29. The molecule has 0 saturated heterocycles. The van der Waals surface area contributed by atoms with Crippen molar-refractivity contribution in [3.63, 3.8) is 0 Å². The maximum absolute atomic E-state index is 11.7. The van der Waals surface area contributed by atoms with Gasteiger partial charge in [0.2, 0.25) is 15.0 Å². The standard InChI is InChI=1S/C11H14N2O3S/c1-3-16-8-5-6-9-10(7-8)13-11(12-9)17(14,15)4-2/h5-7H,3-4H2,1-2H3,(H,12,13). The molecule has 2 aromatic rings. The first-order valence-electron chi connectivity index (χ1n) is 5.42. The number of benzene rings is 1. The van der Waals surface area contributed by atoms with Gasteiger partial charge in [0.1, 0.15) is 5.75 Å². The molecular weight excluding hydrogens is 240 g/mol. The highest BCUT2D eigenvalue weighted by Gasteiger charge is 2.16. The van der Waals surface area contributed by atoms with Gasteiger partial charge in [-0.1, -0.05) is 6.92 Å². The first-order chi connectivity index (χ1) is 8.06. The Morgan fingerprint density at radius 1 is 1.35 bits per heavy atom. The first kappa shape index (κ1) is 11.9. The third-order valence-electron chi connectivity index (χ3n) is 2.42. The van der Waals surface area contributed by atoms with E-state index in [1.165, 1.54) is 0 Å². The van der Waals surface area contributed by atoms with Gasteiger partial charge in [0.05, 0.1) is 23.4 Å². The largest absolute Gasteiger partial charge is 0.494 e. The smallest absolute Gasteiger partial charge is 0.226 e. The topological polar surface area (TPSA) is 72.0 Å². The Bertz CT molecular complexity index is 631. The molecule has 0 unspecified atom stereocenters. The fourth-order valence-electron chi connectivity index (χ4n) is 1.51. The fraction of sp³-hybridized carbons (Fsp3) is 0.364. The van der Waals surface area contributed by atoms with Gasteiger partial charge in [0.15, 0.2) is 0 Å². The van der Waals surface area contributed by atoms with Crippen LogP contribution in [-0.2, 0) is 9.84 Å². The molecule has 0 aliphatic heterocycles. The molecule has 1 aromatic heterocycles. The second-order valence-electron chi connectivity index (χ2n) is 3.56. The second-order valence-corrected chi connectivity index (χ2v) is 5.75. The molecule has 0 saturated carbocycles. The van der Waals surface area contributed by atoms with Crippen LogP contribution in [-0.4, -0.2) is 30.7 Å². The Morgan fingerprint density at radius 3 is 2.76 bits per heavy atom. The van der Waals surface area contributed by atoms with Crippen molar-refractivity contribution >= 4 is 20.9 Å². The predicted molar refractivity (Wildman–Crippen MR) is 65.0 cm³/mol. The zero-order valence-electron chi connectivity index (χ0n) is 9.73. The number of sulfone groups is 1. The van der Waals surface area contributed by atoms with Crippen molar-refractivity contribution in [1.29, 1.82) is 0 Å². The maximum atomic E-state index is 11.7. The highest BCUT2D eigenvalue weighted by Crippen LogP contribution is 2.20. The van der Waals surface area contributed by atoms with Crippen LogP contribution in [0.25, 0.3) is 11.0 Å². The molecule has 5 nitrogen and oxygen atoms in total. The lowest BCUT2D eigenvalue weighted by Crippen LogP contribution is -2.05. The minimum absolute atomic E-state index is 0.0173. The van der Waals surface area contributed by atoms with Gasteiger partial charge in [-0.2, -0.15) is 0 Å². The highest BCUT2D eigenvalue weighted by molar-refractivity contribution is 7.91. The van der Waals surface area contributed by atoms with E-state index >= 15 is 0 Å². The SMILES string of the molecule is CCOc1ccc2nc(S(=O)(=O)CC)[nH]c2c1. The Morgan fingerprint density at radius 2 is 2.12 bits per heavy atom. The Balaban J connectivity index is 2.51. The zero-order chi connectivity index (χ0) is 12.5. The summed E-state index contributed by atoms with van der Waals surface area (Å²) >= 11 is 0. The van der Waals surface area contributed by atoms with E-state index in [9.17, 15) is 8.42 Å². The zero-order valence-corrected chi connectivity index (χ0v) is 10.5. The number of fused-ring (bicyclic) bond motifs is 1. The van der Waals surface area contributed by atoms with Crippen LogP contribution in [0.4, 0.5) is 0 Å². The number of imidazole rings is 1. The quantitative estimate of drug-likeness (QED) is 0.902. The Kier molecular flexibility index (Phi) is 3.06. The second kappa shape index (κ2) is 4.37. The van der Waals surface area contributed by atoms with Crippen LogP contribution in [0.2, 0.25) is 0 Å². The molecule has 0 aliphatic carbocycles. The summed E-state index contributed by atoms with van der Waals surface area (Å²) < 4.78 is 28.7. The fourth-order valence-corrected chi connectivity index (χ4v) is 2.28. The molecule has 0 bridgehead atoms. The Hall–Kier alpha value is -1.56. The van der Waals surface area contributed by atoms with Gasteiger partial charge >= 0.3 is 0 Å². The minimum atomic E-state index is -3.29. The van der Waals surface area contributed by atoms with Gasteiger partial charge in [-0.25, -0.2) is 13.4 Å².